The summed E-state index contributed by atoms with van der Waals surface area (Å²) in [7, 11) is 0. The van der Waals surface area contributed by atoms with Gasteiger partial charge in [0.05, 0.1) is 11.4 Å². The average molecular weight is 795 g/mol. The monoisotopic (exact) mass is 794 g/mol. The average Bonchev–Trinajstić information content (AvgIpc) is 3.34. The second-order valence-corrected chi connectivity index (χ2v) is 15.2. The zero-order valence-electron chi connectivity index (χ0n) is 34.0. The molecule has 0 aliphatic rings. The fourth-order valence-corrected chi connectivity index (χ4v) is 7.92. The number of pyridine rings is 2. The summed E-state index contributed by atoms with van der Waals surface area (Å²) in [5.41, 5.74) is 12.6. The van der Waals surface area contributed by atoms with Gasteiger partial charge in [-0.3, -0.25) is 9.97 Å². The van der Waals surface area contributed by atoms with E-state index in [0.29, 0.717) is 0 Å². The first-order valence-electron chi connectivity index (χ1n) is 20.9. The minimum Gasteiger partial charge on any atom is -0.310 e. The number of fused-ring (bicyclic) bond motifs is 2. The van der Waals surface area contributed by atoms with Crippen molar-refractivity contribution in [1.82, 2.24) is 9.97 Å². The van der Waals surface area contributed by atoms with Crippen LogP contribution in [0.1, 0.15) is 22.3 Å². The van der Waals surface area contributed by atoms with Gasteiger partial charge in [-0.05, 0) is 141 Å². The van der Waals surface area contributed by atoms with Gasteiger partial charge in [0.15, 0.2) is 0 Å². The smallest absolute Gasteiger partial charge is 0.0892 e. The summed E-state index contributed by atoms with van der Waals surface area (Å²) < 4.78 is 0. The molecule has 0 bridgehead atoms. The van der Waals surface area contributed by atoms with Crippen LogP contribution in [0.5, 0.6) is 0 Å². The fourth-order valence-electron chi connectivity index (χ4n) is 7.92. The van der Waals surface area contributed by atoms with Crippen molar-refractivity contribution < 1.29 is 0 Å². The Morgan fingerprint density at radius 2 is 0.597 bits per heavy atom. The number of nitrogens with zero attached hydrogens (tertiary/aromatic N) is 4. The lowest BCUT2D eigenvalue weighted by Crippen LogP contribution is -2.09. The van der Waals surface area contributed by atoms with Crippen molar-refractivity contribution in [3.63, 3.8) is 0 Å². The van der Waals surface area contributed by atoms with Crippen LogP contribution in [0, 0.1) is 0 Å². The van der Waals surface area contributed by atoms with Crippen molar-refractivity contribution in [3.8, 4) is 11.4 Å². The zero-order chi connectivity index (χ0) is 41.5. The minimum absolute atomic E-state index is 0.825. The van der Waals surface area contributed by atoms with E-state index in [1.807, 2.05) is 24.5 Å². The summed E-state index contributed by atoms with van der Waals surface area (Å²) in [4.78, 5) is 14.0. The van der Waals surface area contributed by atoms with Gasteiger partial charge in [0.2, 0.25) is 0 Å². The quantitative estimate of drug-likeness (QED) is 0.131. The number of hydrogen-bond acceptors (Lipinski definition) is 4. The number of para-hydroxylation sites is 2. The van der Waals surface area contributed by atoms with E-state index in [2.05, 4.69) is 240 Å². The summed E-state index contributed by atoms with van der Waals surface area (Å²) in [6.07, 6.45) is 12.2. The van der Waals surface area contributed by atoms with Gasteiger partial charge in [0.25, 0.3) is 0 Å². The molecule has 0 radical (unpaired) electrons. The van der Waals surface area contributed by atoms with Crippen molar-refractivity contribution in [2.75, 3.05) is 9.80 Å². The molecule has 0 aliphatic heterocycles. The molecule has 10 rings (SSSR count). The molecule has 8 aromatic carbocycles. The van der Waals surface area contributed by atoms with Crippen LogP contribution in [-0.4, -0.2) is 9.97 Å². The lowest BCUT2D eigenvalue weighted by Gasteiger charge is -2.26. The molecule has 0 unspecified atom stereocenters. The van der Waals surface area contributed by atoms with Gasteiger partial charge in [-0.25, -0.2) is 0 Å². The summed E-state index contributed by atoms with van der Waals surface area (Å²) in [5, 5.41) is 4.89. The van der Waals surface area contributed by atoms with Gasteiger partial charge in [-0.1, -0.05) is 146 Å². The topological polar surface area (TPSA) is 32.3 Å². The summed E-state index contributed by atoms with van der Waals surface area (Å²) in [6.45, 7) is 0. The van der Waals surface area contributed by atoms with E-state index in [0.717, 1.165) is 67.8 Å². The normalized spacial score (nSPS) is 11.4. The first kappa shape index (κ1) is 37.9. The third kappa shape index (κ3) is 8.40. The molecule has 10 aromatic rings. The van der Waals surface area contributed by atoms with Gasteiger partial charge < -0.3 is 9.80 Å². The van der Waals surface area contributed by atoms with Crippen LogP contribution in [0.4, 0.5) is 34.1 Å². The standard InChI is InChI=1S/C58H42N4/c1-3-15-51(16-4-1)61(55-33-27-47-11-7-9-13-49(47)41-55)53-29-23-43(24-30-53)19-21-45-35-37-59-57(39-45)58-40-46(36-38-60-58)22-20-44-25-31-54(32-26-44)62(52-17-5-2-6-18-52)56-34-28-48-12-8-10-14-50(48)42-56/h1-42H/b21-19+,22-20+. The van der Waals surface area contributed by atoms with Gasteiger partial charge >= 0.3 is 0 Å². The van der Waals surface area contributed by atoms with Gasteiger partial charge in [-0.15, -0.1) is 0 Å². The highest BCUT2D eigenvalue weighted by molar-refractivity contribution is 5.91. The molecule has 0 aliphatic carbocycles. The fraction of sp³-hybridized carbons (Fsp3) is 0. The molecular weight excluding hydrogens is 753 g/mol. The minimum atomic E-state index is 0.825. The third-order valence-corrected chi connectivity index (χ3v) is 11.1. The summed E-state index contributed by atoms with van der Waals surface area (Å²) in [5.74, 6) is 0. The van der Waals surface area contributed by atoms with E-state index in [1.54, 1.807) is 0 Å². The van der Waals surface area contributed by atoms with Crippen molar-refractivity contribution in [2.45, 2.75) is 0 Å². The van der Waals surface area contributed by atoms with E-state index in [1.165, 1.54) is 21.5 Å². The molecule has 0 N–H and O–H groups in total. The van der Waals surface area contributed by atoms with Crippen LogP contribution in [0.15, 0.2) is 231 Å². The van der Waals surface area contributed by atoms with Gasteiger partial charge in [-0.2, -0.15) is 0 Å². The van der Waals surface area contributed by atoms with Crippen molar-refractivity contribution in [1.29, 1.82) is 0 Å². The molecule has 4 nitrogen and oxygen atoms in total. The Morgan fingerprint density at radius 1 is 0.258 bits per heavy atom. The molecule has 294 valence electrons. The van der Waals surface area contributed by atoms with Crippen LogP contribution in [-0.2, 0) is 0 Å². The SMILES string of the molecule is C(=C\c1ccnc(-c2cc(/C=C/c3ccc(N(c4ccccc4)c4ccc5ccccc5c4)cc3)ccn2)c1)/c1ccc(N(c2ccccc2)c2ccc3ccccc3c2)cc1. The van der Waals surface area contributed by atoms with Crippen LogP contribution in [0.2, 0.25) is 0 Å². The molecule has 0 atom stereocenters. The molecule has 0 saturated heterocycles. The molecule has 0 fully saturated rings. The maximum Gasteiger partial charge on any atom is 0.0892 e. The first-order chi connectivity index (χ1) is 30.7. The Morgan fingerprint density at radius 3 is 1.02 bits per heavy atom. The Kier molecular flexibility index (Phi) is 10.7. The highest BCUT2D eigenvalue weighted by Crippen LogP contribution is 2.38. The molecule has 0 amide bonds. The van der Waals surface area contributed by atoms with Crippen molar-refractivity contribution in [3.05, 3.63) is 253 Å². The number of hydrogen-bond donors (Lipinski definition) is 0. The van der Waals surface area contributed by atoms with E-state index in [9.17, 15) is 0 Å². The van der Waals surface area contributed by atoms with Crippen LogP contribution < -0.4 is 9.80 Å². The second-order valence-electron chi connectivity index (χ2n) is 15.2. The zero-order valence-corrected chi connectivity index (χ0v) is 34.0. The lowest BCUT2D eigenvalue weighted by atomic mass is 10.1. The summed E-state index contributed by atoms with van der Waals surface area (Å²) in [6, 6.07) is 76.9. The maximum absolute atomic E-state index is 4.69. The highest BCUT2D eigenvalue weighted by atomic mass is 15.1. The van der Waals surface area contributed by atoms with E-state index >= 15 is 0 Å². The van der Waals surface area contributed by atoms with Crippen molar-refractivity contribution >= 4 is 80.0 Å². The molecule has 0 saturated carbocycles. The Balaban J connectivity index is 0.844. The molecule has 4 heteroatoms. The lowest BCUT2D eigenvalue weighted by molar-refractivity contribution is 1.24. The second kappa shape index (κ2) is 17.5. The number of aromatic nitrogens is 2. The number of benzene rings is 8. The molecular formula is C58H42N4. The van der Waals surface area contributed by atoms with Gasteiger partial charge in [0.1, 0.15) is 0 Å². The molecule has 2 aromatic heterocycles. The van der Waals surface area contributed by atoms with E-state index < -0.39 is 0 Å². The Labute approximate surface area is 362 Å². The van der Waals surface area contributed by atoms with E-state index in [-0.39, 0.29) is 0 Å². The first-order valence-corrected chi connectivity index (χ1v) is 20.9. The maximum atomic E-state index is 4.69. The van der Waals surface area contributed by atoms with Crippen LogP contribution in [0.3, 0.4) is 0 Å². The molecule has 2 heterocycles. The van der Waals surface area contributed by atoms with Gasteiger partial charge in [0, 0.05) is 46.5 Å². The highest BCUT2D eigenvalue weighted by Gasteiger charge is 2.14. The Hall–Kier alpha value is -8.34. The summed E-state index contributed by atoms with van der Waals surface area (Å²) >= 11 is 0. The molecule has 62 heavy (non-hydrogen) atoms. The molecule has 0 spiro atoms. The number of anilines is 6. The van der Waals surface area contributed by atoms with Crippen LogP contribution >= 0.6 is 0 Å². The Bertz CT molecular complexity index is 2960. The van der Waals surface area contributed by atoms with E-state index in [4.69, 9.17) is 9.97 Å². The predicted molar refractivity (Wildman–Crippen MR) is 263 cm³/mol. The van der Waals surface area contributed by atoms with Crippen LogP contribution in [0.25, 0.3) is 57.2 Å². The largest absolute Gasteiger partial charge is 0.310 e. The van der Waals surface area contributed by atoms with Crippen molar-refractivity contribution in [2.24, 2.45) is 0 Å². The predicted octanol–water partition coefficient (Wildman–Crippen LogP) is 15.7. The third-order valence-electron chi connectivity index (χ3n) is 11.1. The number of rotatable bonds is 11.